The van der Waals surface area contributed by atoms with Crippen LogP contribution in [0.3, 0.4) is 0 Å². The molecule has 0 unspecified atom stereocenters. The van der Waals surface area contributed by atoms with E-state index in [1.54, 1.807) is 31.2 Å². The van der Waals surface area contributed by atoms with Crippen LogP contribution in [0.4, 0.5) is 10.1 Å². The fourth-order valence-electron chi connectivity index (χ4n) is 2.84. The molecule has 1 aliphatic rings. The van der Waals surface area contributed by atoms with Gasteiger partial charge in [-0.25, -0.2) is 17.5 Å². The number of para-hydroxylation sites is 1. The number of nitrogens with one attached hydrogen (secondary N) is 2. The molecule has 27 heavy (non-hydrogen) atoms. The molecule has 1 aliphatic carbocycles. The summed E-state index contributed by atoms with van der Waals surface area (Å²) in [5.74, 6) is -1.14. The van der Waals surface area contributed by atoms with E-state index in [-0.39, 0.29) is 22.3 Å². The number of anilines is 1. The Kier molecular flexibility index (Phi) is 4.24. The Morgan fingerprint density at radius 1 is 1.19 bits per heavy atom. The van der Waals surface area contributed by atoms with E-state index in [0.29, 0.717) is 16.6 Å². The molecule has 1 amide bonds. The van der Waals surface area contributed by atoms with Crippen LogP contribution in [0.25, 0.3) is 11.0 Å². The van der Waals surface area contributed by atoms with Crippen molar-refractivity contribution in [2.24, 2.45) is 0 Å². The summed E-state index contributed by atoms with van der Waals surface area (Å²) < 4.78 is 46.5. The van der Waals surface area contributed by atoms with E-state index in [4.69, 9.17) is 4.42 Å². The molecule has 4 rings (SSSR count). The largest absolute Gasteiger partial charge is 0.448 e. The Bertz CT molecular complexity index is 1150. The summed E-state index contributed by atoms with van der Waals surface area (Å²) in [6, 6.07) is 10.4. The number of carbonyl (C=O) groups is 1. The molecule has 0 atom stereocenters. The van der Waals surface area contributed by atoms with Gasteiger partial charge >= 0.3 is 0 Å². The third-order valence-corrected chi connectivity index (χ3v) is 5.94. The van der Waals surface area contributed by atoms with E-state index in [0.717, 1.165) is 12.8 Å². The molecule has 1 fully saturated rings. The standard InChI is InChI=1S/C19H17FN2O4S/c1-11-15-6-3-7-16(20)18(15)26-17(11)19(23)21-13-4-2-5-14(10-13)27(24,25)22-12-8-9-12/h2-7,10,12,22H,8-9H2,1H3,(H,21,23). The average Bonchev–Trinajstić information content (AvgIpc) is 3.36. The molecular formula is C19H17FN2O4S. The quantitative estimate of drug-likeness (QED) is 0.699. The predicted octanol–water partition coefficient (Wildman–Crippen LogP) is 3.57. The molecule has 8 heteroatoms. The molecule has 0 bridgehead atoms. The van der Waals surface area contributed by atoms with Gasteiger partial charge < -0.3 is 9.73 Å². The highest BCUT2D eigenvalue weighted by molar-refractivity contribution is 7.89. The van der Waals surface area contributed by atoms with Crippen LogP contribution in [0.5, 0.6) is 0 Å². The molecule has 0 spiro atoms. The van der Waals surface area contributed by atoms with E-state index in [9.17, 15) is 17.6 Å². The molecule has 0 saturated heterocycles. The first-order valence-corrected chi connectivity index (χ1v) is 9.95. The van der Waals surface area contributed by atoms with Gasteiger partial charge in [-0.05, 0) is 44.0 Å². The summed E-state index contributed by atoms with van der Waals surface area (Å²) >= 11 is 0. The maximum atomic E-state index is 13.9. The first-order valence-electron chi connectivity index (χ1n) is 8.46. The maximum Gasteiger partial charge on any atom is 0.291 e. The molecule has 1 aromatic heterocycles. The van der Waals surface area contributed by atoms with Crippen LogP contribution >= 0.6 is 0 Å². The maximum absolute atomic E-state index is 13.9. The third kappa shape index (κ3) is 3.45. The van der Waals surface area contributed by atoms with Crippen molar-refractivity contribution >= 4 is 32.6 Å². The van der Waals surface area contributed by atoms with Gasteiger partial charge in [-0.3, -0.25) is 4.79 Å². The Balaban J connectivity index is 1.61. The zero-order valence-electron chi connectivity index (χ0n) is 14.5. The van der Waals surface area contributed by atoms with Crippen molar-refractivity contribution in [2.75, 3.05) is 5.32 Å². The predicted molar refractivity (Wildman–Crippen MR) is 98.6 cm³/mol. The summed E-state index contributed by atoms with van der Waals surface area (Å²) in [5, 5.41) is 3.13. The number of halogens is 1. The lowest BCUT2D eigenvalue weighted by Gasteiger charge is -2.08. The van der Waals surface area contributed by atoms with Crippen LogP contribution in [0.2, 0.25) is 0 Å². The summed E-state index contributed by atoms with van der Waals surface area (Å²) in [5.41, 5.74) is 0.838. The lowest BCUT2D eigenvalue weighted by atomic mass is 10.1. The minimum atomic E-state index is -3.63. The van der Waals surface area contributed by atoms with Crippen LogP contribution in [-0.4, -0.2) is 20.4 Å². The highest BCUT2D eigenvalue weighted by atomic mass is 32.2. The van der Waals surface area contributed by atoms with Gasteiger partial charge in [-0.2, -0.15) is 0 Å². The second-order valence-corrected chi connectivity index (χ2v) is 8.26. The first-order chi connectivity index (χ1) is 12.8. The lowest BCUT2D eigenvalue weighted by Crippen LogP contribution is -2.25. The van der Waals surface area contributed by atoms with Gasteiger partial charge in [0, 0.05) is 22.7 Å². The van der Waals surface area contributed by atoms with Gasteiger partial charge in [0.25, 0.3) is 5.91 Å². The van der Waals surface area contributed by atoms with Crippen LogP contribution < -0.4 is 10.0 Å². The van der Waals surface area contributed by atoms with Crippen molar-refractivity contribution in [2.45, 2.75) is 30.7 Å². The summed E-state index contributed by atoms with van der Waals surface area (Å²) in [4.78, 5) is 12.6. The number of hydrogen-bond donors (Lipinski definition) is 2. The van der Waals surface area contributed by atoms with Gasteiger partial charge in [0.05, 0.1) is 4.90 Å². The minimum Gasteiger partial charge on any atom is -0.448 e. The topological polar surface area (TPSA) is 88.4 Å². The number of carbonyl (C=O) groups excluding carboxylic acids is 1. The van der Waals surface area contributed by atoms with Crippen LogP contribution in [0.15, 0.2) is 51.8 Å². The molecule has 6 nitrogen and oxygen atoms in total. The monoisotopic (exact) mass is 388 g/mol. The van der Waals surface area contributed by atoms with E-state index in [2.05, 4.69) is 10.0 Å². The molecule has 140 valence electrons. The van der Waals surface area contributed by atoms with Gasteiger partial charge in [0.2, 0.25) is 10.0 Å². The number of furan rings is 1. The third-order valence-electron chi connectivity index (χ3n) is 4.42. The van der Waals surface area contributed by atoms with E-state index in [1.807, 2.05) is 0 Å². The Morgan fingerprint density at radius 2 is 1.93 bits per heavy atom. The number of sulfonamides is 1. The number of aryl methyl sites for hydroxylation is 1. The SMILES string of the molecule is Cc1c(C(=O)Nc2cccc(S(=O)(=O)NC3CC3)c2)oc2c(F)cccc12. The zero-order valence-corrected chi connectivity index (χ0v) is 15.3. The lowest BCUT2D eigenvalue weighted by molar-refractivity contribution is 0.0997. The zero-order chi connectivity index (χ0) is 19.2. The summed E-state index contributed by atoms with van der Waals surface area (Å²) in [7, 11) is -3.63. The smallest absolute Gasteiger partial charge is 0.291 e. The number of fused-ring (bicyclic) bond motifs is 1. The highest BCUT2D eigenvalue weighted by Crippen LogP contribution is 2.28. The summed E-state index contributed by atoms with van der Waals surface area (Å²) in [6.07, 6.45) is 1.66. The average molecular weight is 388 g/mol. The van der Waals surface area contributed by atoms with E-state index < -0.39 is 21.7 Å². The second-order valence-electron chi connectivity index (χ2n) is 6.55. The molecule has 1 heterocycles. The molecule has 0 radical (unpaired) electrons. The van der Waals surface area contributed by atoms with Crippen molar-refractivity contribution in [3.05, 3.63) is 59.6 Å². The molecule has 2 N–H and O–H groups in total. The number of benzene rings is 2. The van der Waals surface area contributed by atoms with Gasteiger partial charge in [-0.1, -0.05) is 18.2 Å². The Morgan fingerprint density at radius 3 is 2.63 bits per heavy atom. The summed E-state index contributed by atoms with van der Waals surface area (Å²) in [6.45, 7) is 1.67. The fraction of sp³-hybridized carbons (Fsp3) is 0.211. The molecular weight excluding hydrogens is 371 g/mol. The van der Waals surface area contributed by atoms with Gasteiger partial charge in [0.1, 0.15) is 0 Å². The Labute approximate surface area is 155 Å². The number of hydrogen-bond acceptors (Lipinski definition) is 4. The molecule has 2 aromatic carbocycles. The molecule has 1 saturated carbocycles. The van der Waals surface area contributed by atoms with Crippen LogP contribution in [0, 0.1) is 12.7 Å². The second kappa shape index (κ2) is 6.47. The van der Waals surface area contributed by atoms with E-state index in [1.165, 1.54) is 18.2 Å². The molecule has 0 aliphatic heterocycles. The highest BCUT2D eigenvalue weighted by Gasteiger charge is 2.28. The van der Waals surface area contributed by atoms with Gasteiger partial charge in [0.15, 0.2) is 17.2 Å². The normalized spacial score (nSPS) is 14.4. The number of amides is 1. The van der Waals surface area contributed by atoms with Crippen molar-refractivity contribution in [3.8, 4) is 0 Å². The van der Waals surface area contributed by atoms with Crippen LogP contribution in [0.1, 0.15) is 29.0 Å². The van der Waals surface area contributed by atoms with E-state index >= 15 is 0 Å². The number of rotatable bonds is 5. The Hall–Kier alpha value is -2.71. The fourth-order valence-corrected chi connectivity index (χ4v) is 4.19. The van der Waals surface area contributed by atoms with Crippen molar-refractivity contribution in [3.63, 3.8) is 0 Å². The van der Waals surface area contributed by atoms with Gasteiger partial charge in [-0.15, -0.1) is 0 Å². The van der Waals surface area contributed by atoms with Crippen LogP contribution in [-0.2, 0) is 10.0 Å². The minimum absolute atomic E-state index is 0.0126. The van der Waals surface area contributed by atoms with Crippen molar-refractivity contribution < 1.29 is 22.0 Å². The molecule has 3 aromatic rings. The first kappa shape index (κ1) is 17.7. The van der Waals surface area contributed by atoms with Crippen molar-refractivity contribution in [1.29, 1.82) is 0 Å². The van der Waals surface area contributed by atoms with Crippen molar-refractivity contribution in [1.82, 2.24) is 4.72 Å².